The Bertz CT molecular complexity index is 544. The van der Waals surface area contributed by atoms with Crippen LogP contribution < -0.4 is 5.32 Å². The van der Waals surface area contributed by atoms with Gasteiger partial charge in [-0.15, -0.1) is 0 Å². The molecule has 0 spiro atoms. The zero-order valence-corrected chi connectivity index (χ0v) is 11.5. The second-order valence-electron chi connectivity index (χ2n) is 5.18. The number of rotatable bonds is 4. The molecule has 0 amide bonds. The zero-order valence-electron chi connectivity index (χ0n) is 11.5. The van der Waals surface area contributed by atoms with Gasteiger partial charge in [-0.05, 0) is 36.9 Å². The van der Waals surface area contributed by atoms with Crippen LogP contribution in [0.2, 0.25) is 0 Å². The van der Waals surface area contributed by atoms with E-state index in [9.17, 15) is 0 Å². The average Bonchev–Trinajstić information content (AvgIpc) is 2.92. The molecular weight excluding hydrogens is 234 g/mol. The standard InChI is InChI=1S/C16H21N3/c1-2-17-10-14-11-18-12-19(14)16-9-5-7-13-6-3-4-8-15(13)16/h3-4,6,8,11-12,16-17H,2,5,7,9-10H2,1H3. The van der Waals surface area contributed by atoms with Gasteiger partial charge in [0.1, 0.15) is 0 Å². The van der Waals surface area contributed by atoms with Gasteiger partial charge in [0.2, 0.25) is 0 Å². The van der Waals surface area contributed by atoms with Gasteiger partial charge < -0.3 is 9.88 Å². The monoisotopic (exact) mass is 255 g/mol. The molecule has 3 rings (SSSR count). The first-order valence-electron chi connectivity index (χ1n) is 7.19. The largest absolute Gasteiger partial charge is 0.326 e. The van der Waals surface area contributed by atoms with Crippen LogP contribution in [0.5, 0.6) is 0 Å². The molecular formula is C16H21N3. The lowest BCUT2D eigenvalue weighted by Gasteiger charge is -2.28. The van der Waals surface area contributed by atoms with E-state index in [4.69, 9.17) is 0 Å². The summed E-state index contributed by atoms with van der Waals surface area (Å²) < 4.78 is 2.35. The molecule has 1 aliphatic carbocycles. The molecule has 100 valence electrons. The molecule has 1 aliphatic rings. The fraction of sp³-hybridized carbons (Fsp3) is 0.438. The van der Waals surface area contributed by atoms with Crippen LogP contribution in [0, 0.1) is 0 Å². The lowest BCUT2D eigenvalue weighted by atomic mass is 9.87. The number of benzene rings is 1. The van der Waals surface area contributed by atoms with E-state index in [1.807, 2.05) is 12.5 Å². The Labute approximate surface area is 114 Å². The summed E-state index contributed by atoms with van der Waals surface area (Å²) in [6.45, 7) is 4.03. The van der Waals surface area contributed by atoms with E-state index in [0.717, 1.165) is 13.1 Å². The summed E-state index contributed by atoms with van der Waals surface area (Å²) in [5.41, 5.74) is 4.26. The molecule has 0 saturated carbocycles. The lowest BCUT2D eigenvalue weighted by molar-refractivity contribution is 0.471. The average molecular weight is 255 g/mol. The van der Waals surface area contributed by atoms with Gasteiger partial charge in [-0.25, -0.2) is 4.98 Å². The topological polar surface area (TPSA) is 29.9 Å². The van der Waals surface area contributed by atoms with Crippen molar-refractivity contribution in [1.29, 1.82) is 0 Å². The quantitative estimate of drug-likeness (QED) is 0.910. The zero-order chi connectivity index (χ0) is 13.1. The molecule has 1 aromatic carbocycles. The fourth-order valence-corrected chi connectivity index (χ4v) is 3.02. The van der Waals surface area contributed by atoms with E-state index in [0.29, 0.717) is 6.04 Å². The van der Waals surface area contributed by atoms with Gasteiger partial charge in [0, 0.05) is 12.7 Å². The van der Waals surface area contributed by atoms with E-state index >= 15 is 0 Å². The summed E-state index contributed by atoms with van der Waals surface area (Å²) in [5, 5.41) is 3.39. The van der Waals surface area contributed by atoms with Gasteiger partial charge >= 0.3 is 0 Å². The Hall–Kier alpha value is -1.61. The van der Waals surface area contributed by atoms with Crippen LogP contribution >= 0.6 is 0 Å². The number of aryl methyl sites for hydroxylation is 1. The van der Waals surface area contributed by atoms with E-state index < -0.39 is 0 Å². The SMILES string of the molecule is CCNCc1cncn1C1CCCc2ccccc21. The number of hydrogen-bond acceptors (Lipinski definition) is 2. The molecule has 0 aliphatic heterocycles. The third-order valence-corrected chi connectivity index (χ3v) is 3.98. The van der Waals surface area contributed by atoms with Crippen molar-refractivity contribution in [2.24, 2.45) is 0 Å². The first-order valence-corrected chi connectivity index (χ1v) is 7.19. The highest BCUT2D eigenvalue weighted by Crippen LogP contribution is 2.33. The highest BCUT2D eigenvalue weighted by Gasteiger charge is 2.22. The maximum absolute atomic E-state index is 4.35. The van der Waals surface area contributed by atoms with Crippen LogP contribution in [0.3, 0.4) is 0 Å². The highest BCUT2D eigenvalue weighted by atomic mass is 15.1. The summed E-state index contributed by atoms with van der Waals surface area (Å²) in [7, 11) is 0. The maximum Gasteiger partial charge on any atom is 0.0954 e. The van der Waals surface area contributed by atoms with Crippen molar-refractivity contribution in [1.82, 2.24) is 14.9 Å². The van der Waals surface area contributed by atoms with Crippen molar-refractivity contribution in [2.75, 3.05) is 6.54 Å². The Kier molecular flexibility index (Phi) is 3.65. The van der Waals surface area contributed by atoms with Gasteiger partial charge in [0.25, 0.3) is 0 Å². The molecule has 0 bridgehead atoms. The molecule has 1 unspecified atom stereocenters. The van der Waals surface area contributed by atoms with Crippen LogP contribution in [0.1, 0.15) is 42.6 Å². The molecule has 3 nitrogen and oxygen atoms in total. The summed E-state index contributed by atoms with van der Waals surface area (Å²) in [4.78, 5) is 4.35. The molecule has 0 radical (unpaired) electrons. The minimum Gasteiger partial charge on any atom is -0.326 e. The number of fused-ring (bicyclic) bond motifs is 1. The first-order chi connectivity index (χ1) is 9.40. The Morgan fingerprint density at radius 3 is 3.16 bits per heavy atom. The molecule has 3 heteroatoms. The second-order valence-corrected chi connectivity index (χ2v) is 5.18. The third kappa shape index (κ3) is 2.43. The molecule has 1 N–H and O–H groups in total. The molecule has 0 saturated heterocycles. The lowest BCUT2D eigenvalue weighted by Crippen LogP contribution is -2.21. The fourth-order valence-electron chi connectivity index (χ4n) is 3.02. The maximum atomic E-state index is 4.35. The number of imidazole rings is 1. The van der Waals surface area contributed by atoms with E-state index in [-0.39, 0.29) is 0 Å². The summed E-state index contributed by atoms with van der Waals surface area (Å²) in [6.07, 6.45) is 7.66. The van der Waals surface area contributed by atoms with Crippen molar-refractivity contribution in [3.05, 3.63) is 53.6 Å². The first kappa shape index (κ1) is 12.4. The number of nitrogens with zero attached hydrogens (tertiary/aromatic N) is 2. The van der Waals surface area contributed by atoms with Crippen molar-refractivity contribution < 1.29 is 0 Å². The van der Waals surface area contributed by atoms with Crippen LogP contribution in [0.15, 0.2) is 36.8 Å². The van der Waals surface area contributed by atoms with Crippen molar-refractivity contribution in [3.63, 3.8) is 0 Å². The number of hydrogen-bond donors (Lipinski definition) is 1. The van der Waals surface area contributed by atoms with Gasteiger partial charge in [0.05, 0.1) is 18.1 Å². The van der Waals surface area contributed by atoms with Crippen LogP contribution in [-0.2, 0) is 13.0 Å². The van der Waals surface area contributed by atoms with E-state index in [1.54, 1.807) is 0 Å². The smallest absolute Gasteiger partial charge is 0.0954 e. The van der Waals surface area contributed by atoms with Crippen LogP contribution in [0.25, 0.3) is 0 Å². The normalized spacial score (nSPS) is 18.3. The predicted octanol–water partition coefficient (Wildman–Crippen LogP) is 2.92. The number of nitrogens with one attached hydrogen (secondary N) is 1. The van der Waals surface area contributed by atoms with Crippen molar-refractivity contribution >= 4 is 0 Å². The molecule has 2 aromatic rings. The van der Waals surface area contributed by atoms with Gasteiger partial charge in [-0.2, -0.15) is 0 Å². The molecule has 1 heterocycles. The predicted molar refractivity (Wildman–Crippen MR) is 77.1 cm³/mol. The molecule has 0 fully saturated rings. The minimum atomic E-state index is 0.459. The van der Waals surface area contributed by atoms with Crippen molar-refractivity contribution in [3.8, 4) is 0 Å². The van der Waals surface area contributed by atoms with Crippen LogP contribution in [-0.4, -0.2) is 16.1 Å². The van der Waals surface area contributed by atoms with Gasteiger partial charge in [-0.1, -0.05) is 31.2 Å². The Morgan fingerprint density at radius 2 is 2.26 bits per heavy atom. The summed E-state index contributed by atoms with van der Waals surface area (Å²) in [5.74, 6) is 0. The Morgan fingerprint density at radius 1 is 1.37 bits per heavy atom. The van der Waals surface area contributed by atoms with E-state index in [1.165, 1.54) is 36.1 Å². The summed E-state index contributed by atoms with van der Waals surface area (Å²) in [6, 6.07) is 9.30. The highest BCUT2D eigenvalue weighted by molar-refractivity contribution is 5.33. The summed E-state index contributed by atoms with van der Waals surface area (Å²) >= 11 is 0. The van der Waals surface area contributed by atoms with Crippen molar-refractivity contribution in [2.45, 2.75) is 38.8 Å². The molecule has 1 atom stereocenters. The second kappa shape index (κ2) is 5.57. The van der Waals surface area contributed by atoms with Gasteiger partial charge in [-0.3, -0.25) is 0 Å². The Balaban J connectivity index is 1.93. The van der Waals surface area contributed by atoms with E-state index in [2.05, 4.69) is 46.1 Å². The van der Waals surface area contributed by atoms with Crippen LogP contribution in [0.4, 0.5) is 0 Å². The van der Waals surface area contributed by atoms with Gasteiger partial charge in [0.15, 0.2) is 0 Å². The number of aromatic nitrogens is 2. The third-order valence-electron chi connectivity index (χ3n) is 3.98. The minimum absolute atomic E-state index is 0.459. The molecule has 1 aromatic heterocycles. The molecule has 19 heavy (non-hydrogen) atoms.